The van der Waals surface area contributed by atoms with Crippen LogP contribution in [0.4, 0.5) is 17.6 Å². The van der Waals surface area contributed by atoms with Crippen molar-refractivity contribution in [1.29, 1.82) is 0 Å². The fraction of sp³-hybridized carbons (Fsp3) is 0.800. The number of alkyl halides is 4. The minimum atomic E-state index is -3.93. The van der Waals surface area contributed by atoms with E-state index in [4.69, 9.17) is 0 Å². The van der Waals surface area contributed by atoms with E-state index < -0.39 is 30.7 Å². The lowest BCUT2D eigenvalue weighted by Crippen LogP contribution is -2.54. The molecule has 2 nitrogen and oxygen atoms in total. The lowest BCUT2D eigenvalue weighted by molar-refractivity contribution is -0.172. The maximum absolute atomic E-state index is 12.2. The Bertz CT molecular complexity index is 191. The van der Waals surface area contributed by atoms with Gasteiger partial charge in [-0.3, -0.25) is 4.79 Å². The van der Waals surface area contributed by atoms with Crippen molar-refractivity contribution in [3.8, 4) is 0 Å². The quantitative estimate of drug-likeness (QED) is 0.536. The van der Waals surface area contributed by atoms with Crippen LogP contribution in [0.1, 0.15) is 6.42 Å². The highest BCUT2D eigenvalue weighted by Gasteiger charge is 2.53. The molecule has 64 valence electrons. The van der Waals surface area contributed by atoms with Gasteiger partial charge in [0.2, 0.25) is 0 Å². The Balaban J connectivity index is 2.75. The second kappa shape index (κ2) is 2.09. The van der Waals surface area contributed by atoms with Crippen LogP contribution in [0, 0.1) is 0 Å². The Hall–Kier alpha value is -0.810. The second-order valence-corrected chi connectivity index (χ2v) is 2.42. The Morgan fingerprint density at radius 3 is 2.18 bits per heavy atom. The van der Waals surface area contributed by atoms with Gasteiger partial charge in [-0.05, 0) is 0 Å². The van der Waals surface area contributed by atoms with Gasteiger partial charge in [0.25, 0.3) is 11.8 Å². The van der Waals surface area contributed by atoms with Crippen molar-refractivity contribution in [1.82, 2.24) is 5.32 Å². The number of nitrogens with one attached hydrogen (secondary N) is 1. The van der Waals surface area contributed by atoms with Crippen LogP contribution in [-0.4, -0.2) is 24.3 Å². The summed E-state index contributed by atoms with van der Waals surface area (Å²) < 4.78 is 48.8. The summed E-state index contributed by atoms with van der Waals surface area (Å²) in [6.45, 7) is -0.999. The van der Waals surface area contributed by atoms with Gasteiger partial charge < -0.3 is 5.32 Å². The second-order valence-electron chi connectivity index (χ2n) is 2.42. The summed E-state index contributed by atoms with van der Waals surface area (Å²) in [5, 5.41) is 1.42. The van der Waals surface area contributed by atoms with Crippen molar-refractivity contribution in [3.63, 3.8) is 0 Å². The molecule has 1 N–H and O–H groups in total. The number of rotatable bonds is 0. The van der Waals surface area contributed by atoms with E-state index in [1.807, 2.05) is 0 Å². The van der Waals surface area contributed by atoms with Crippen LogP contribution in [0.3, 0.4) is 0 Å². The highest BCUT2D eigenvalue weighted by Crippen LogP contribution is 2.33. The predicted octanol–water partition coefficient (Wildman–Crippen LogP) is 0.777. The summed E-state index contributed by atoms with van der Waals surface area (Å²) >= 11 is 0. The highest BCUT2D eigenvalue weighted by atomic mass is 19.3. The van der Waals surface area contributed by atoms with E-state index in [-0.39, 0.29) is 0 Å². The highest BCUT2D eigenvalue weighted by molar-refractivity contribution is 5.84. The SMILES string of the molecule is O=C1NCC(F)(F)CC1(F)F. The van der Waals surface area contributed by atoms with Gasteiger partial charge in [-0.2, -0.15) is 8.78 Å². The first-order chi connectivity index (χ1) is 4.83. The average molecular weight is 171 g/mol. The third-order valence-corrected chi connectivity index (χ3v) is 1.32. The first-order valence-electron chi connectivity index (χ1n) is 2.87. The van der Waals surface area contributed by atoms with Crippen LogP contribution < -0.4 is 5.32 Å². The molecule has 0 unspecified atom stereocenters. The summed E-state index contributed by atoms with van der Waals surface area (Å²) in [6, 6.07) is 0. The minimum Gasteiger partial charge on any atom is -0.345 e. The number of hydrogen-bond donors (Lipinski definition) is 1. The molecule has 6 heteroatoms. The molecule has 0 aromatic heterocycles. The summed E-state index contributed by atoms with van der Waals surface area (Å²) in [7, 11) is 0. The van der Waals surface area contributed by atoms with E-state index in [0.29, 0.717) is 0 Å². The average Bonchev–Trinajstić information content (AvgIpc) is 1.77. The number of amides is 1. The molecule has 0 aromatic carbocycles. The van der Waals surface area contributed by atoms with Crippen LogP contribution >= 0.6 is 0 Å². The van der Waals surface area contributed by atoms with Crippen LogP contribution in [0.25, 0.3) is 0 Å². The third-order valence-electron chi connectivity index (χ3n) is 1.32. The van der Waals surface area contributed by atoms with Crippen molar-refractivity contribution < 1.29 is 22.4 Å². The van der Waals surface area contributed by atoms with Crippen molar-refractivity contribution in [2.45, 2.75) is 18.3 Å². The van der Waals surface area contributed by atoms with Gasteiger partial charge in [0.1, 0.15) is 0 Å². The first-order valence-corrected chi connectivity index (χ1v) is 2.87. The molecule has 0 saturated carbocycles. The molecular formula is C5H5F4NO. The maximum Gasteiger partial charge on any atom is 0.330 e. The van der Waals surface area contributed by atoms with Crippen LogP contribution in [0.5, 0.6) is 0 Å². The van der Waals surface area contributed by atoms with E-state index in [2.05, 4.69) is 0 Å². The maximum atomic E-state index is 12.2. The summed E-state index contributed by atoms with van der Waals surface area (Å²) in [6.07, 6.45) is -1.69. The largest absolute Gasteiger partial charge is 0.345 e. The molecule has 0 spiro atoms. The van der Waals surface area contributed by atoms with Gasteiger partial charge in [-0.1, -0.05) is 0 Å². The van der Waals surface area contributed by atoms with Crippen LogP contribution in [0.15, 0.2) is 0 Å². The van der Waals surface area contributed by atoms with Gasteiger partial charge in [0, 0.05) is 0 Å². The number of hydrogen-bond acceptors (Lipinski definition) is 1. The summed E-state index contributed by atoms with van der Waals surface area (Å²) in [5.74, 6) is -9.04. The molecule has 0 atom stereocenters. The number of piperidine rings is 1. The van der Waals surface area contributed by atoms with Crippen molar-refractivity contribution in [2.24, 2.45) is 0 Å². The molecular weight excluding hydrogens is 166 g/mol. The van der Waals surface area contributed by atoms with Crippen molar-refractivity contribution in [3.05, 3.63) is 0 Å². The molecule has 0 aromatic rings. The van der Waals surface area contributed by atoms with Gasteiger partial charge in [0.05, 0.1) is 13.0 Å². The Morgan fingerprint density at radius 2 is 1.82 bits per heavy atom. The lowest BCUT2D eigenvalue weighted by atomic mass is 10.1. The molecule has 0 bridgehead atoms. The van der Waals surface area contributed by atoms with E-state index in [1.54, 1.807) is 0 Å². The van der Waals surface area contributed by atoms with E-state index in [0.717, 1.165) is 0 Å². The lowest BCUT2D eigenvalue weighted by Gasteiger charge is -2.28. The predicted molar refractivity (Wildman–Crippen MR) is 27.5 cm³/mol. The molecule has 1 aliphatic rings. The standard InChI is InChI=1S/C5H5F4NO/c6-4(7)1-5(8,9)3(11)10-2-4/h1-2H2,(H,10,11). The number of carbonyl (C=O) groups is 1. The zero-order valence-corrected chi connectivity index (χ0v) is 5.33. The molecule has 1 aliphatic heterocycles. The topological polar surface area (TPSA) is 29.1 Å². The van der Waals surface area contributed by atoms with Gasteiger partial charge in [-0.25, -0.2) is 8.78 Å². The molecule has 1 heterocycles. The zero-order valence-electron chi connectivity index (χ0n) is 5.33. The summed E-state index contributed by atoms with van der Waals surface area (Å²) in [4.78, 5) is 10.2. The third kappa shape index (κ3) is 1.61. The van der Waals surface area contributed by atoms with Gasteiger partial charge in [0.15, 0.2) is 0 Å². The Labute approximate surface area is 59.6 Å². The van der Waals surface area contributed by atoms with E-state index in [9.17, 15) is 22.4 Å². The smallest absolute Gasteiger partial charge is 0.330 e. The molecule has 11 heavy (non-hydrogen) atoms. The van der Waals surface area contributed by atoms with Gasteiger partial charge >= 0.3 is 5.92 Å². The summed E-state index contributed by atoms with van der Waals surface area (Å²) in [5.41, 5.74) is 0. The normalized spacial score (nSPS) is 27.8. The van der Waals surface area contributed by atoms with E-state index in [1.165, 1.54) is 5.32 Å². The molecule has 1 rings (SSSR count). The molecule has 0 aliphatic carbocycles. The number of halogens is 4. The number of carbonyl (C=O) groups excluding carboxylic acids is 1. The van der Waals surface area contributed by atoms with Crippen molar-refractivity contribution >= 4 is 5.91 Å². The monoisotopic (exact) mass is 171 g/mol. The van der Waals surface area contributed by atoms with Crippen LogP contribution in [-0.2, 0) is 4.79 Å². The van der Waals surface area contributed by atoms with Crippen LogP contribution in [0.2, 0.25) is 0 Å². The molecule has 0 radical (unpaired) electrons. The Kier molecular flexibility index (Phi) is 1.57. The molecule has 1 amide bonds. The van der Waals surface area contributed by atoms with Crippen molar-refractivity contribution in [2.75, 3.05) is 6.54 Å². The van der Waals surface area contributed by atoms with Gasteiger partial charge in [-0.15, -0.1) is 0 Å². The zero-order chi connectivity index (χ0) is 8.70. The molecule has 1 saturated heterocycles. The fourth-order valence-corrected chi connectivity index (χ4v) is 0.807. The fourth-order valence-electron chi connectivity index (χ4n) is 0.807. The van der Waals surface area contributed by atoms with E-state index >= 15 is 0 Å². The Morgan fingerprint density at radius 1 is 1.27 bits per heavy atom. The molecule has 1 fully saturated rings. The minimum absolute atomic E-state index is 0.999. The first kappa shape index (κ1) is 8.29.